The second-order valence-corrected chi connectivity index (χ2v) is 2.38. The number of aromatic nitrogens is 2. The highest BCUT2D eigenvalue weighted by molar-refractivity contribution is 7.67. The SMILES string of the molecule is CCn1c[c]c(O[SH](=O)=O)n1. The summed E-state index contributed by atoms with van der Waals surface area (Å²) in [6.07, 6.45) is 1.52. The molecule has 0 aliphatic heterocycles. The fourth-order valence-corrected chi connectivity index (χ4v) is 0.812. The lowest BCUT2D eigenvalue weighted by Crippen LogP contribution is -1.96. The summed E-state index contributed by atoms with van der Waals surface area (Å²) in [6, 6.07) is 2.53. The number of aryl methyl sites for hydroxylation is 1. The second kappa shape index (κ2) is 3.38. The fraction of sp³-hybridized carbons (Fsp3) is 0.400. The van der Waals surface area contributed by atoms with E-state index in [0.717, 1.165) is 0 Å². The molecular formula is C5H7N2O3S. The van der Waals surface area contributed by atoms with Gasteiger partial charge in [0.1, 0.15) is 0 Å². The number of thiol groups is 1. The second-order valence-electron chi connectivity index (χ2n) is 1.75. The highest BCUT2D eigenvalue weighted by atomic mass is 32.2. The number of hydrogen-bond donors (Lipinski definition) is 1. The molecule has 0 N–H and O–H groups in total. The molecule has 1 radical (unpaired) electrons. The van der Waals surface area contributed by atoms with E-state index >= 15 is 0 Å². The first-order valence-corrected chi connectivity index (χ1v) is 4.09. The summed E-state index contributed by atoms with van der Waals surface area (Å²) in [5.74, 6) is -0.0111. The largest absolute Gasteiger partial charge is 0.361 e. The van der Waals surface area contributed by atoms with Gasteiger partial charge in [-0.15, -0.1) is 5.10 Å². The third kappa shape index (κ3) is 2.23. The van der Waals surface area contributed by atoms with Gasteiger partial charge in [0.2, 0.25) is 0 Å². The Hall–Kier alpha value is -1.04. The fourth-order valence-electron chi connectivity index (χ4n) is 0.581. The number of nitrogens with zero attached hydrogens (tertiary/aromatic N) is 2. The summed E-state index contributed by atoms with van der Waals surface area (Å²) in [5.41, 5.74) is 0. The van der Waals surface area contributed by atoms with Gasteiger partial charge in [-0.05, 0) is 6.92 Å². The molecule has 0 aromatic carbocycles. The molecule has 0 spiro atoms. The minimum absolute atomic E-state index is 0.0111. The summed E-state index contributed by atoms with van der Waals surface area (Å²) in [5, 5.41) is 3.72. The van der Waals surface area contributed by atoms with Crippen LogP contribution in [0.5, 0.6) is 5.88 Å². The van der Waals surface area contributed by atoms with Crippen molar-refractivity contribution in [1.29, 1.82) is 0 Å². The zero-order valence-electron chi connectivity index (χ0n) is 5.85. The van der Waals surface area contributed by atoms with E-state index in [1.807, 2.05) is 6.92 Å². The van der Waals surface area contributed by atoms with Crippen molar-refractivity contribution in [3.8, 4) is 5.88 Å². The maximum Gasteiger partial charge on any atom is 0.300 e. The quantitative estimate of drug-likeness (QED) is 0.635. The van der Waals surface area contributed by atoms with Crippen molar-refractivity contribution in [2.75, 3.05) is 0 Å². The van der Waals surface area contributed by atoms with Gasteiger partial charge in [0.05, 0.1) is 6.07 Å². The lowest BCUT2D eigenvalue weighted by Gasteiger charge is -1.91. The van der Waals surface area contributed by atoms with Gasteiger partial charge in [0, 0.05) is 12.7 Å². The Kier molecular flexibility index (Phi) is 2.48. The molecule has 5 nitrogen and oxygen atoms in total. The highest BCUT2D eigenvalue weighted by Crippen LogP contribution is 2.03. The van der Waals surface area contributed by atoms with Gasteiger partial charge in [-0.25, -0.2) is 0 Å². The monoisotopic (exact) mass is 175 g/mol. The Bertz CT molecular complexity index is 296. The van der Waals surface area contributed by atoms with Crippen LogP contribution in [0, 0.1) is 6.07 Å². The molecule has 0 saturated heterocycles. The Labute approximate surface area is 65.7 Å². The predicted molar refractivity (Wildman–Crippen MR) is 37.7 cm³/mol. The highest BCUT2D eigenvalue weighted by Gasteiger charge is 1.98. The first-order chi connectivity index (χ1) is 5.22. The first-order valence-electron chi connectivity index (χ1n) is 3.00. The van der Waals surface area contributed by atoms with E-state index < -0.39 is 11.0 Å². The zero-order chi connectivity index (χ0) is 8.27. The van der Waals surface area contributed by atoms with Gasteiger partial charge in [-0.3, -0.25) is 4.68 Å². The van der Waals surface area contributed by atoms with Crippen molar-refractivity contribution in [2.24, 2.45) is 0 Å². The molecule has 0 saturated carbocycles. The third-order valence-corrected chi connectivity index (χ3v) is 1.36. The molecule has 0 fully saturated rings. The molecule has 1 aromatic heterocycles. The van der Waals surface area contributed by atoms with Gasteiger partial charge in [0.15, 0.2) is 0 Å². The Morgan fingerprint density at radius 1 is 1.82 bits per heavy atom. The molecule has 1 aromatic rings. The topological polar surface area (TPSA) is 61.2 Å². The van der Waals surface area contributed by atoms with Crippen LogP contribution in [0.15, 0.2) is 6.20 Å². The van der Waals surface area contributed by atoms with E-state index in [1.54, 1.807) is 0 Å². The molecule has 11 heavy (non-hydrogen) atoms. The molecule has 0 aliphatic carbocycles. The van der Waals surface area contributed by atoms with Crippen LogP contribution in [0.3, 0.4) is 0 Å². The number of rotatable bonds is 3. The Morgan fingerprint density at radius 2 is 2.55 bits per heavy atom. The summed E-state index contributed by atoms with van der Waals surface area (Å²) in [7, 11) is -2.88. The van der Waals surface area contributed by atoms with E-state index in [1.165, 1.54) is 10.9 Å². The maximum absolute atomic E-state index is 10.0. The van der Waals surface area contributed by atoms with Gasteiger partial charge in [-0.2, -0.15) is 8.42 Å². The average Bonchev–Trinajstić information content (AvgIpc) is 2.34. The molecule has 0 atom stereocenters. The molecule has 61 valence electrons. The predicted octanol–water partition coefficient (Wildman–Crippen LogP) is -0.392. The minimum Gasteiger partial charge on any atom is -0.361 e. The van der Waals surface area contributed by atoms with E-state index in [4.69, 9.17) is 0 Å². The van der Waals surface area contributed by atoms with Crippen LogP contribution in [-0.4, -0.2) is 18.2 Å². The minimum atomic E-state index is -2.88. The Balaban J connectivity index is 2.72. The normalized spacial score (nSPS) is 10.4. The van der Waals surface area contributed by atoms with Crippen LogP contribution >= 0.6 is 0 Å². The standard InChI is InChI=1S/C5H7N2O3S/c1-2-7-4-3-5(6-7)10-11(8)9/h4,11H,2H2,1H3. The molecule has 6 heteroatoms. The van der Waals surface area contributed by atoms with Gasteiger partial charge < -0.3 is 4.18 Å². The molecule has 0 unspecified atom stereocenters. The van der Waals surface area contributed by atoms with Crippen molar-refractivity contribution in [2.45, 2.75) is 13.5 Å². The molecule has 0 bridgehead atoms. The van der Waals surface area contributed by atoms with Crippen LogP contribution < -0.4 is 4.18 Å². The van der Waals surface area contributed by atoms with Crippen molar-refractivity contribution >= 4 is 11.0 Å². The lowest BCUT2D eigenvalue weighted by atomic mass is 10.7. The van der Waals surface area contributed by atoms with Crippen molar-refractivity contribution in [3.05, 3.63) is 12.3 Å². The maximum atomic E-state index is 10.0. The van der Waals surface area contributed by atoms with Crippen LogP contribution in [0.2, 0.25) is 0 Å². The zero-order valence-corrected chi connectivity index (χ0v) is 6.75. The van der Waals surface area contributed by atoms with Crippen LogP contribution in [-0.2, 0) is 17.5 Å². The summed E-state index contributed by atoms with van der Waals surface area (Å²) >= 11 is 0. The molecule has 1 heterocycles. The third-order valence-electron chi connectivity index (χ3n) is 1.04. The van der Waals surface area contributed by atoms with Crippen LogP contribution in [0.25, 0.3) is 0 Å². The Morgan fingerprint density at radius 3 is 3.00 bits per heavy atom. The average molecular weight is 175 g/mol. The van der Waals surface area contributed by atoms with Gasteiger partial charge in [0.25, 0.3) is 5.88 Å². The van der Waals surface area contributed by atoms with E-state index in [0.29, 0.717) is 6.54 Å². The van der Waals surface area contributed by atoms with Gasteiger partial charge >= 0.3 is 11.0 Å². The van der Waals surface area contributed by atoms with Crippen LogP contribution in [0.1, 0.15) is 6.92 Å². The van der Waals surface area contributed by atoms with Gasteiger partial charge in [-0.1, -0.05) is 0 Å². The smallest absolute Gasteiger partial charge is 0.300 e. The summed E-state index contributed by atoms with van der Waals surface area (Å²) < 4.78 is 25.8. The van der Waals surface area contributed by atoms with Crippen molar-refractivity contribution < 1.29 is 12.6 Å². The number of hydrogen-bond acceptors (Lipinski definition) is 4. The molecule has 0 amide bonds. The van der Waals surface area contributed by atoms with Crippen molar-refractivity contribution in [1.82, 2.24) is 9.78 Å². The first kappa shape index (κ1) is 8.06. The van der Waals surface area contributed by atoms with E-state index in [9.17, 15) is 8.42 Å². The summed E-state index contributed by atoms with van der Waals surface area (Å²) in [4.78, 5) is 0. The van der Waals surface area contributed by atoms with E-state index in [-0.39, 0.29) is 5.88 Å². The molecule has 1 rings (SSSR count). The lowest BCUT2D eigenvalue weighted by molar-refractivity contribution is 0.489. The van der Waals surface area contributed by atoms with Crippen LogP contribution in [0.4, 0.5) is 0 Å². The van der Waals surface area contributed by atoms with Crippen molar-refractivity contribution in [3.63, 3.8) is 0 Å². The molecular weight excluding hydrogens is 168 g/mol. The molecule has 0 aliphatic rings. The summed E-state index contributed by atoms with van der Waals surface area (Å²) in [6.45, 7) is 2.54. The van der Waals surface area contributed by atoms with E-state index in [2.05, 4.69) is 15.3 Å².